The van der Waals surface area contributed by atoms with E-state index in [1.807, 2.05) is 18.2 Å². The van der Waals surface area contributed by atoms with Crippen molar-refractivity contribution in [3.63, 3.8) is 0 Å². The van der Waals surface area contributed by atoms with Gasteiger partial charge in [0.05, 0.1) is 11.9 Å². The monoisotopic (exact) mass is 318 g/mol. The Bertz CT molecular complexity index is 743. The van der Waals surface area contributed by atoms with Crippen LogP contribution in [0.5, 0.6) is 0 Å². The van der Waals surface area contributed by atoms with Crippen LogP contribution >= 0.6 is 0 Å². The van der Waals surface area contributed by atoms with Crippen LogP contribution in [0.3, 0.4) is 0 Å². The summed E-state index contributed by atoms with van der Waals surface area (Å²) in [5.41, 5.74) is 2.66. The first kappa shape index (κ1) is 14.7. The van der Waals surface area contributed by atoms with E-state index >= 15 is 0 Å². The number of benzene rings is 1. The molecule has 0 bridgehead atoms. The van der Waals surface area contributed by atoms with E-state index in [2.05, 4.69) is 38.4 Å². The highest BCUT2D eigenvalue weighted by molar-refractivity contribution is 5.66. The van der Waals surface area contributed by atoms with Gasteiger partial charge < -0.3 is 10.2 Å². The average Bonchev–Trinajstić information content (AvgIpc) is 2.70. The lowest BCUT2D eigenvalue weighted by Crippen LogP contribution is -2.44. The second kappa shape index (κ2) is 6.72. The van der Waals surface area contributed by atoms with Crippen molar-refractivity contribution < 1.29 is 0 Å². The van der Waals surface area contributed by atoms with E-state index in [4.69, 9.17) is 9.97 Å². The Morgan fingerprint density at radius 2 is 1.75 bits per heavy atom. The van der Waals surface area contributed by atoms with E-state index in [1.165, 1.54) is 0 Å². The van der Waals surface area contributed by atoms with Crippen LogP contribution in [0.1, 0.15) is 0 Å². The molecule has 0 unspecified atom stereocenters. The Morgan fingerprint density at radius 3 is 2.50 bits per heavy atom. The van der Waals surface area contributed by atoms with E-state index in [-0.39, 0.29) is 0 Å². The third-order valence-corrected chi connectivity index (χ3v) is 4.02. The Hall–Kier alpha value is -2.86. The summed E-state index contributed by atoms with van der Waals surface area (Å²) in [5, 5.41) is 3.37. The summed E-state index contributed by atoms with van der Waals surface area (Å²) in [6.07, 6.45) is 5.02. The molecule has 3 heterocycles. The Morgan fingerprint density at radius 1 is 0.917 bits per heavy atom. The van der Waals surface area contributed by atoms with Crippen LogP contribution < -0.4 is 10.2 Å². The Labute approximate surface area is 140 Å². The lowest BCUT2D eigenvalue weighted by atomic mass is 10.1. The highest BCUT2D eigenvalue weighted by atomic mass is 15.2. The fourth-order valence-electron chi connectivity index (χ4n) is 2.78. The summed E-state index contributed by atoms with van der Waals surface area (Å²) >= 11 is 0. The number of nitrogens with zero attached hydrogens (tertiary/aromatic N) is 5. The lowest BCUT2D eigenvalue weighted by Gasteiger charge is -2.28. The highest BCUT2D eigenvalue weighted by Gasteiger charge is 2.16. The molecule has 0 atom stereocenters. The zero-order valence-corrected chi connectivity index (χ0v) is 13.3. The molecule has 1 aliphatic heterocycles. The van der Waals surface area contributed by atoms with Gasteiger partial charge in [-0.2, -0.15) is 0 Å². The highest BCUT2D eigenvalue weighted by Crippen LogP contribution is 2.25. The van der Waals surface area contributed by atoms with E-state index in [1.54, 1.807) is 18.6 Å². The second-order valence-electron chi connectivity index (χ2n) is 5.63. The first-order valence-electron chi connectivity index (χ1n) is 8.07. The van der Waals surface area contributed by atoms with Crippen molar-refractivity contribution in [2.75, 3.05) is 31.1 Å². The minimum absolute atomic E-state index is 0.609. The van der Waals surface area contributed by atoms with E-state index < -0.39 is 0 Å². The van der Waals surface area contributed by atoms with Crippen LogP contribution in [0.2, 0.25) is 0 Å². The largest absolute Gasteiger partial charge is 0.354 e. The minimum Gasteiger partial charge on any atom is -0.354 e. The van der Waals surface area contributed by atoms with Gasteiger partial charge in [-0.1, -0.05) is 30.3 Å². The fraction of sp³-hybridized carbons (Fsp3) is 0.222. The van der Waals surface area contributed by atoms with Gasteiger partial charge in [0.2, 0.25) is 0 Å². The number of hydrogen-bond donors (Lipinski definition) is 1. The van der Waals surface area contributed by atoms with Gasteiger partial charge in [-0.25, -0.2) is 15.0 Å². The van der Waals surface area contributed by atoms with Gasteiger partial charge in [-0.15, -0.1) is 0 Å². The predicted octanol–water partition coefficient (Wildman–Crippen LogP) is 2.01. The molecule has 1 aliphatic rings. The lowest BCUT2D eigenvalue weighted by molar-refractivity contribution is 0.585. The molecule has 1 fully saturated rings. The normalized spacial score (nSPS) is 14.6. The molecule has 0 spiro atoms. The molecule has 0 saturated carbocycles. The first-order valence-corrected chi connectivity index (χ1v) is 8.07. The summed E-state index contributed by atoms with van der Waals surface area (Å²) in [6, 6.07) is 12.2. The third-order valence-electron chi connectivity index (χ3n) is 4.02. The molecule has 3 aromatic rings. The van der Waals surface area contributed by atoms with E-state index in [9.17, 15) is 0 Å². The number of anilines is 1. The van der Waals surface area contributed by atoms with Crippen LogP contribution in [0, 0.1) is 0 Å². The molecule has 4 rings (SSSR count). The summed E-state index contributed by atoms with van der Waals surface area (Å²) in [5.74, 6) is 1.55. The summed E-state index contributed by atoms with van der Waals surface area (Å²) in [4.78, 5) is 20.2. The second-order valence-corrected chi connectivity index (χ2v) is 5.63. The molecule has 0 aliphatic carbocycles. The number of aromatic nitrogens is 4. The molecule has 6 nitrogen and oxygen atoms in total. The quantitative estimate of drug-likeness (QED) is 0.797. The molecule has 0 radical (unpaired) electrons. The fourth-order valence-corrected chi connectivity index (χ4v) is 2.78. The van der Waals surface area contributed by atoms with Gasteiger partial charge in [0.15, 0.2) is 5.82 Å². The maximum absolute atomic E-state index is 4.74. The topological polar surface area (TPSA) is 66.8 Å². The van der Waals surface area contributed by atoms with Crippen LogP contribution in [0.25, 0.3) is 22.8 Å². The molecule has 0 amide bonds. The van der Waals surface area contributed by atoms with Gasteiger partial charge in [-0.3, -0.25) is 4.98 Å². The van der Waals surface area contributed by atoms with Crippen molar-refractivity contribution in [1.82, 2.24) is 25.3 Å². The van der Waals surface area contributed by atoms with Crippen molar-refractivity contribution in [2.24, 2.45) is 0 Å². The standard InChI is InChI=1S/C18H18N6/c1-2-4-14(5-3-1)15-12-17(24-10-8-19-9-11-24)23-18(22-15)16-13-20-6-7-21-16/h1-7,12-13,19H,8-11H2. The zero-order valence-electron chi connectivity index (χ0n) is 13.3. The van der Waals surface area contributed by atoms with Gasteiger partial charge in [0, 0.05) is 50.2 Å². The smallest absolute Gasteiger partial charge is 0.182 e. The molecule has 24 heavy (non-hydrogen) atoms. The predicted molar refractivity (Wildman–Crippen MR) is 93.6 cm³/mol. The van der Waals surface area contributed by atoms with E-state index in [0.717, 1.165) is 43.3 Å². The van der Waals surface area contributed by atoms with Crippen molar-refractivity contribution in [1.29, 1.82) is 0 Å². The molecular weight excluding hydrogens is 300 g/mol. The molecule has 1 saturated heterocycles. The summed E-state index contributed by atoms with van der Waals surface area (Å²) in [6.45, 7) is 3.80. The average molecular weight is 318 g/mol. The van der Waals surface area contributed by atoms with Crippen LogP contribution in [0.4, 0.5) is 5.82 Å². The number of rotatable bonds is 3. The molecule has 6 heteroatoms. The SMILES string of the molecule is c1ccc(-c2cc(N3CCNCC3)nc(-c3cnccn3)n2)cc1. The molecule has 2 aromatic heterocycles. The first-order chi connectivity index (χ1) is 11.9. The summed E-state index contributed by atoms with van der Waals surface area (Å²) < 4.78 is 0. The van der Waals surface area contributed by atoms with Crippen molar-refractivity contribution in [3.8, 4) is 22.8 Å². The number of hydrogen-bond acceptors (Lipinski definition) is 6. The number of nitrogens with one attached hydrogen (secondary N) is 1. The van der Waals surface area contributed by atoms with Crippen molar-refractivity contribution in [3.05, 3.63) is 55.0 Å². The maximum Gasteiger partial charge on any atom is 0.182 e. The van der Waals surface area contributed by atoms with Gasteiger partial charge in [-0.05, 0) is 0 Å². The Kier molecular flexibility index (Phi) is 4.12. The third kappa shape index (κ3) is 3.09. The van der Waals surface area contributed by atoms with Crippen LogP contribution in [0.15, 0.2) is 55.0 Å². The maximum atomic E-state index is 4.74. The molecular formula is C18H18N6. The molecule has 120 valence electrons. The van der Waals surface area contributed by atoms with Crippen molar-refractivity contribution in [2.45, 2.75) is 0 Å². The summed E-state index contributed by atoms with van der Waals surface area (Å²) in [7, 11) is 0. The molecule has 1 N–H and O–H groups in total. The van der Waals surface area contributed by atoms with Crippen LogP contribution in [-0.4, -0.2) is 46.1 Å². The van der Waals surface area contributed by atoms with Crippen LogP contribution in [-0.2, 0) is 0 Å². The van der Waals surface area contributed by atoms with E-state index in [0.29, 0.717) is 11.5 Å². The molecule has 1 aromatic carbocycles. The van der Waals surface area contributed by atoms with Gasteiger partial charge >= 0.3 is 0 Å². The number of piperazine rings is 1. The van der Waals surface area contributed by atoms with Gasteiger partial charge in [0.1, 0.15) is 11.5 Å². The van der Waals surface area contributed by atoms with Crippen molar-refractivity contribution >= 4 is 5.82 Å². The Balaban J connectivity index is 1.81. The minimum atomic E-state index is 0.609. The van der Waals surface area contributed by atoms with Gasteiger partial charge in [0.25, 0.3) is 0 Å². The zero-order chi connectivity index (χ0) is 16.2.